The van der Waals surface area contributed by atoms with Crippen molar-refractivity contribution in [2.24, 2.45) is 0 Å². The molecule has 0 aliphatic rings. The number of ketones is 1. The molecule has 0 spiro atoms. The molecule has 0 heterocycles. The van der Waals surface area contributed by atoms with Crippen LogP contribution in [0.15, 0.2) is 24.3 Å². The second-order valence-corrected chi connectivity index (χ2v) is 2.68. The van der Waals surface area contributed by atoms with E-state index in [2.05, 4.69) is 0 Å². The first-order chi connectivity index (χ1) is 5.74. The molecule has 0 saturated carbocycles. The monoisotopic (exact) mass is 166 g/mol. The van der Waals surface area contributed by atoms with Crippen LogP contribution in [0.3, 0.4) is 0 Å². The Bertz CT molecular complexity index is 281. The minimum Gasteiger partial charge on any atom is -0.294 e. The standard InChI is InChI=1S/C10H11FO/c1-2-4-10(12)8-5-3-6-9(11)7-8/h3,5-7H,2,4H2,1H3. The van der Waals surface area contributed by atoms with Gasteiger partial charge >= 0.3 is 0 Å². The van der Waals surface area contributed by atoms with E-state index in [1.807, 2.05) is 6.92 Å². The van der Waals surface area contributed by atoms with Gasteiger partial charge in [-0.25, -0.2) is 4.39 Å². The lowest BCUT2D eigenvalue weighted by Gasteiger charge is -1.97. The maximum absolute atomic E-state index is 12.6. The van der Waals surface area contributed by atoms with E-state index < -0.39 is 0 Å². The Labute approximate surface area is 71.2 Å². The number of benzene rings is 1. The zero-order chi connectivity index (χ0) is 8.97. The Balaban J connectivity index is 2.81. The fourth-order valence-electron chi connectivity index (χ4n) is 1.03. The van der Waals surface area contributed by atoms with Gasteiger partial charge in [-0.2, -0.15) is 0 Å². The van der Waals surface area contributed by atoms with E-state index in [0.717, 1.165) is 6.42 Å². The molecule has 1 nitrogen and oxygen atoms in total. The highest BCUT2D eigenvalue weighted by Gasteiger charge is 2.03. The SMILES string of the molecule is CCCC(=O)c1cccc(F)c1. The molecule has 0 bridgehead atoms. The molecule has 0 saturated heterocycles. The Morgan fingerprint density at radius 2 is 2.25 bits per heavy atom. The third kappa shape index (κ3) is 2.16. The molecule has 0 amide bonds. The van der Waals surface area contributed by atoms with E-state index in [-0.39, 0.29) is 11.6 Å². The largest absolute Gasteiger partial charge is 0.294 e. The fourth-order valence-corrected chi connectivity index (χ4v) is 1.03. The highest BCUT2D eigenvalue weighted by Crippen LogP contribution is 2.07. The van der Waals surface area contributed by atoms with Crippen molar-refractivity contribution in [3.63, 3.8) is 0 Å². The molecule has 2 heteroatoms. The fraction of sp³-hybridized carbons (Fsp3) is 0.300. The first-order valence-corrected chi connectivity index (χ1v) is 4.03. The van der Waals surface area contributed by atoms with Crippen molar-refractivity contribution in [2.45, 2.75) is 19.8 Å². The van der Waals surface area contributed by atoms with E-state index >= 15 is 0 Å². The summed E-state index contributed by atoms with van der Waals surface area (Å²) in [5.41, 5.74) is 0.469. The van der Waals surface area contributed by atoms with Crippen LogP contribution >= 0.6 is 0 Å². The second kappa shape index (κ2) is 4.00. The average molecular weight is 166 g/mol. The number of carbonyl (C=O) groups excluding carboxylic acids is 1. The topological polar surface area (TPSA) is 17.1 Å². The number of Topliss-reactive ketones (excluding diaryl/α,β-unsaturated/α-hetero) is 1. The van der Waals surface area contributed by atoms with Crippen LogP contribution in [-0.2, 0) is 0 Å². The number of carbonyl (C=O) groups is 1. The highest BCUT2D eigenvalue weighted by atomic mass is 19.1. The molecule has 0 fully saturated rings. The number of hydrogen-bond acceptors (Lipinski definition) is 1. The van der Waals surface area contributed by atoms with Gasteiger partial charge < -0.3 is 0 Å². The summed E-state index contributed by atoms with van der Waals surface area (Å²) < 4.78 is 12.6. The molecule has 64 valence electrons. The number of rotatable bonds is 3. The van der Waals surface area contributed by atoms with E-state index in [9.17, 15) is 9.18 Å². The maximum atomic E-state index is 12.6. The zero-order valence-corrected chi connectivity index (χ0v) is 7.01. The summed E-state index contributed by atoms with van der Waals surface area (Å²) in [5.74, 6) is -0.339. The van der Waals surface area contributed by atoms with Crippen LogP contribution in [0, 0.1) is 5.82 Å². The molecule has 0 atom stereocenters. The predicted octanol–water partition coefficient (Wildman–Crippen LogP) is 2.81. The Hall–Kier alpha value is -1.18. The zero-order valence-electron chi connectivity index (χ0n) is 7.01. The van der Waals surface area contributed by atoms with Crippen LogP contribution in [0.5, 0.6) is 0 Å². The molecule has 0 unspecified atom stereocenters. The third-order valence-corrected chi connectivity index (χ3v) is 1.62. The summed E-state index contributed by atoms with van der Waals surface area (Å²) in [5, 5.41) is 0. The van der Waals surface area contributed by atoms with E-state index in [0.29, 0.717) is 12.0 Å². The Kier molecular flexibility index (Phi) is 2.97. The summed E-state index contributed by atoms with van der Waals surface area (Å²) in [6, 6.07) is 5.81. The minimum absolute atomic E-state index is 0.0111. The van der Waals surface area contributed by atoms with Gasteiger partial charge in [0.15, 0.2) is 5.78 Å². The van der Waals surface area contributed by atoms with Crippen molar-refractivity contribution in [3.8, 4) is 0 Å². The summed E-state index contributed by atoms with van der Waals surface area (Å²) in [7, 11) is 0. The van der Waals surface area contributed by atoms with Gasteiger partial charge in [0.25, 0.3) is 0 Å². The summed E-state index contributed by atoms with van der Waals surface area (Å²) >= 11 is 0. The second-order valence-electron chi connectivity index (χ2n) is 2.68. The van der Waals surface area contributed by atoms with Crippen LogP contribution in [-0.4, -0.2) is 5.78 Å². The van der Waals surface area contributed by atoms with Gasteiger partial charge in [-0.15, -0.1) is 0 Å². The van der Waals surface area contributed by atoms with Crippen molar-refractivity contribution in [1.29, 1.82) is 0 Å². The van der Waals surface area contributed by atoms with Gasteiger partial charge in [-0.05, 0) is 18.6 Å². The van der Waals surface area contributed by atoms with Gasteiger partial charge in [0.2, 0.25) is 0 Å². The summed E-state index contributed by atoms with van der Waals surface area (Å²) in [4.78, 5) is 11.2. The average Bonchev–Trinajstić information content (AvgIpc) is 2.05. The molecule has 12 heavy (non-hydrogen) atoms. The lowest BCUT2D eigenvalue weighted by atomic mass is 10.1. The smallest absolute Gasteiger partial charge is 0.162 e. The van der Waals surface area contributed by atoms with Gasteiger partial charge in [-0.1, -0.05) is 19.1 Å². The third-order valence-electron chi connectivity index (χ3n) is 1.62. The molecule has 0 aliphatic carbocycles. The molecular weight excluding hydrogens is 155 g/mol. The van der Waals surface area contributed by atoms with Crippen molar-refractivity contribution in [2.75, 3.05) is 0 Å². The molecular formula is C10H11FO. The molecule has 1 rings (SSSR count). The minimum atomic E-state index is -0.350. The van der Waals surface area contributed by atoms with E-state index in [4.69, 9.17) is 0 Å². The quantitative estimate of drug-likeness (QED) is 0.631. The number of hydrogen-bond donors (Lipinski definition) is 0. The van der Waals surface area contributed by atoms with Gasteiger partial charge in [0, 0.05) is 12.0 Å². The van der Waals surface area contributed by atoms with Crippen molar-refractivity contribution in [3.05, 3.63) is 35.6 Å². The summed E-state index contributed by atoms with van der Waals surface area (Å²) in [6.07, 6.45) is 1.29. The lowest BCUT2D eigenvalue weighted by Crippen LogP contribution is -1.97. The Morgan fingerprint density at radius 1 is 1.50 bits per heavy atom. The van der Waals surface area contributed by atoms with Crippen molar-refractivity contribution >= 4 is 5.78 Å². The highest BCUT2D eigenvalue weighted by molar-refractivity contribution is 5.95. The summed E-state index contributed by atoms with van der Waals surface area (Å²) in [6.45, 7) is 1.93. The Morgan fingerprint density at radius 3 is 2.83 bits per heavy atom. The van der Waals surface area contributed by atoms with E-state index in [1.54, 1.807) is 12.1 Å². The van der Waals surface area contributed by atoms with Crippen molar-refractivity contribution in [1.82, 2.24) is 0 Å². The van der Waals surface area contributed by atoms with Crippen LogP contribution < -0.4 is 0 Å². The van der Waals surface area contributed by atoms with Crippen molar-refractivity contribution < 1.29 is 9.18 Å². The molecule has 0 N–H and O–H groups in total. The predicted molar refractivity (Wildman–Crippen MR) is 45.6 cm³/mol. The van der Waals surface area contributed by atoms with E-state index in [1.165, 1.54) is 12.1 Å². The maximum Gasteiger partial charge on any atom is 0.162 e. The van der Waals surface area contributed by atoms with Crippen LogP contribution in [0.4, 0.5) is 4.39 Å². The molecule has 0 aromatic heterocycles. The molecule has 1 aromatic carbocycles. The van der Waals surface area contributed by atoms with Gasteiger partial charge in [0.05, 0.1) is 0 Å². The first kappa shape index (κ1) is 8.91. The first-order valence-electron chi connectivity index (χ1n) is 4.03. The molecule has 0 aliphatic heterocycles. The van der Waals surface area contributed by atoms with Crippen LogP contribution in [0.2, 0.25) is 0 Å². The lowest BCUT2D eigenvalue weighted by molar-refractivity contribution is 0.0981. The number of halogens is 1. The normalized spacial score (nSPS) is 9.83. The van der Waals surface area contributed by atoms with Crippen LogP contribution in [0.25, 0.3) is 0 Å². The van der Waals surface area contributed by atoms with Crippen LogP contribution in [0.1, 0.15) is 30.1 Å². The van der Waals surface area contributed by atoms with Gasteiger partial charge in [-0.3, -0.25) is 4.79 Å². The van der Waals surface area contributed by atoms with Gasteiger partial charge in [0.1, 0.15) is 5.82 Å². The molecule has 0 radical (unpaired) electrons. The molecule has 1 aromatic rings.